The van der Waals surface area contributed by atoms with Crippen molar-refractivity contribution in [1.82, 2.24) is 0 Å². The van der Waals surface area contributed by atoms with Gasteiger partial charge in [0.25, 0.3) is 0 Å². The SMILES string of the molecule is CC.CC.CCCN1/C(=C/C=C/C=C/C=C/CC(C)(Cc2ccccc2)c2c(C)ccc3ccccc23)C(C)(C)c2cc(C)ccc21.[B]N. The molecule has 0 spiro atoms. The number of allylic oxidation sites excluding steroid dienone is 8. The molecule has 0 saturated heterocycles. The van der Waals surface area contributed by atoms with Gasteiger partial charge in [0.1, 0.15) is 0 Å². The first kappa shape index (κ1) is 41.1. The van der Waals surface area contributed by atoms with Gasteiger partial charge in [-0.1, -0.05) is 176 Å². The van der Waals surface area contributed by atoms with Crippen molar-refractivity contribution in [2.75, 3.05) is 11.4 Å². The second-order valence-electron chi connectivity index (χ2n) is 13.0. The second-order valence-corrected chi connectivity index (χ2v) is 13.0. The molecule has 4 aromatic carbocycles. The van der Waals surface area contributed by atoms with Crippen LogP contribution in [0.4, 0.5) is 5.69 Å². The third-order valence-electron chi connectivity index (χ3n) is 9.08. The molecule has 0 fully saturated rings. The number of benzene rings is 4. The van der Waals surface area contributed by atoms with Crippen molar-refractivity contribution in [3.63, 3.8) is 0 Å². The Kier molecular flexibility index (Phi) is 17.1. The molecule has 1 unspecified atom stereocenters. The molecule has 5 rings (SSSR count). The lowest BCUT2D eigenvalue weighted by atomic mass is 9.71. The Morgan fingerprint density at radius 3 is 2.10 bits per heavy atom. The summed E-state index contributed by atoms with van der Waals surface area (Å²) in [5.74, 6) is 0. The summed E-state index contributed by atoms with van der Waals surface area (Å²) in [5, 5.41) is 2.68. The molecular formula is C46H61BN2. The highest BCUT2D eigenvalue weighted by Crippen LogP contribution is 2.48. The highest BCUT2D eigenvalue weighted by atomic mass is 15.2. The number of nitrogens with zero attached hydrogens (tertiary/aromatic N) is 1. The van der Waals surface area contributed by atoms with Gasteiger partial charge in [-0.25, -0.2) is 0 Å². The molecule has 1 aliphatic rings. The van der Waals surface area contributed by atoms with Gasteiger partial charge in [-0.05, 0) is 78.3 Å². The molecule has 0 amide bonds. The molecule has 1 atom stereocenters. The maximum Gasteiger partial charge on any atom is 0.174 e. The molecule has 0 aromatic heterocycles. The van der Waals surface area contributed by atoms with E-state index in [1.54, 1.807) is 0 Å². The van der Waals surface area contributed by atoms with E-state index in [0.29, 0.717) is 0 Å². The van der Waals surface area contributed by atoms with Crippen LogP contribution in [0.3, 0.4) is 0 Å². The van der Waals surface area contributed by atoms with Gasteiger partial charge >= 0.3 is 0 Å². The molecule has 4 aromatic rings. The minimum Gasteiger partial charge on any atom is -0.380 e. The first-order valence-electron chi connectivity index (χ1n) is 18.2. The van der Waals surface area contributed by atoms with Crippen LogP contribution in [0.2, 0.25) is 0 Å². The maximum atomic E-state index is 4.00. The van der Waals surface area contributed by atoms with Gasteiger partial charge in [0.05, 0.1) is 0 Å². The Labute approximate surface area is 301 Å². The Balaban J connectivity index is 0.00000132. The van der Waals surface area contributed by atoms with Crippen molar-refractivity contribution < 1.29 is 0 Å². The Hall–Kier alpha value is -4.08. The van der Waals surface area contributed by atoms with Gasteiger partial charge in [-0.15, -0.1) is 0 Å². The summed E-state index contributed by atoms with van der Waals surface area (Å²) in [4.78, 5) is 2.51. The van der Waals surface area contributed by atoms with Crippen molar-refractivity contribution in [3.05, 3.63) is 161 Å². The van der Waals surface area contributed by atoms with Gasteiger partial charge in [-0.3, -0.25) is 0 Å². The lowest BCUT2D eigenvalue weighted by molar-refractivity contribution is 0.476. The standard InChI is InChI=1S/C42H47N.2C2H6.BH2N/c1-7-29-43-38-27-24-32(2)30-37(38)41(4,5)39(43)23-15-10-8-9-11-18-28-42(6,31-34-19-13-12-14-20-34)40-33(3)25-26-35-21-16-17-22-36(35)40;3*1-2/h8-27,30H,7,28-29,31H2,1-6H3;2*1-2H3;2H2/b9-8+,15-10+,18-11+,39-23+;;;. The quantitative estimate of drug-likeness (QED) is 0.136. The first-order chi connectivity index (χ1) is 23.7. The van der Waals surface area contributed by atoms with Crippen LogP contribution in [0.1, 0.15) is 96.0 Å². The molecule has 3 heteroatoms. The van der Waals surface area contributed by atoms with E-state index in [0.717, 1.165) is 25.8 Å². The van der Waals surface area contributed by atoms with Crippen LogP contribution in [0, 0.1) is 13.8 Å². The van der Waals surface area contributed by atoms with Crippen LogP contribution in [0.15, 0.2) is 133 Å². The Morgan fingerprint density at radius 1 is 0.776 bits per heavy atom. The normalized spacial score (nSPS) is 15.3. The number of hydrogen-bond donors (Lipinski definition) is 1. The fourth-order valence-electron chi connectivity index (χ4n) is 6.99. The topological polar surface area (TPSA) is 29.3 Å². The molecule has 0 bridgehead atoms. The van der Waals surface area contributed by atoms with Crippen molar-refractivity contribution in [2.45, 2.75) is 99.3 Å². The highest BCUT2D eigenvalue weighted by Gasteiger charge is 2.39. The predicted molar refractivity (Wildman–Crippen MR) is 221 cm³/mol. The zero-order valence-electron chi connectivity index (χ0n) is 32.1. The van der Waals surface area contributed by atoms with Crippen LogP contribution >= 0.6 is 0 Å². The van der Waals surface area contributed by atoms with Crippen LogP contribution in [0.25, 0.3) is 10.8 Å². The van der Waals surface area contributed by atoms with E-state index in [9.17, 15) is 0 Å². The molecular weight excluding hydrogens is 591 g/mol. The number of nitrogens with two attached hydrogens (primary N) is 1. The van der Waals surface area contributed by atoms with Crippen LogP contribution in [-0.4, -0.2) is 14.5 Å². The average molecular weight is 653 g/mol. The smallest absolute Gasteiger partial charge is 0.174 e. The van der Waals surface area contributed by atoms with Crippen LogP contribution in [-0.2, 0) is 17.3 Å². The number of aryl methyl sites for hydroxylation is 2. The molecule has 0 aliphatic carbocycles. The largest absolute Gasteiger partial charge is 0.380 e. The summed E-state index contributed by atoms with van der Waals surface area (Å²) in [7, 11) is 4.00. The zero-order valence-corrected chi connectivity index (χ0v) is 32.1. The highest BCUT2D eigenvalue weighted by molar-refractivity contribution is 6.02. The first-order valence-corrected chi connectivity index (χ1v) is 18.2. The van der Waals surface area contributed by atoms with Crippen molar-refractivity contribution in [2.24, 2.45) is 5.64 Å². The molecule has 2 radical (unpaired) electrons. The third kappa shape index (κ3) is 10.2. The number of anilines is 1. The summed E-state index contributed by atoms with van der Waals surface area (Å²) >= 11 is 0. The summed E-state index contributed by atoms with van der Waals surface area (Å²) in [6.45, 7) is 22.9. The lowest BCUT2D eigenvalue weighted by Gasteiger charge is -2.32. The minimum absolute atomic E-state index is 0.00652. The van der Waals surface area contributed by atoms with Crippen molar-refractivity contribution >= 4 is 24.4 Å². The van der Waals surface area contributed by atoms with Crippen molar-refractivity contribution in [1.29, 1.82) is 0 Å². The molecule has 258 valence electrons. The molecule has 49 heavy (non-hydrogen) atoms. The molecule has 2 nitrogen and oxygen atoms in total. The van der Waals surface area contributed by atoms with Crippen LogP contribution in [0.5, 0.6) is 0 Å². The average Bonchev–Trinajstić information content (AvgIpc) is 3.33. The van der Waals surface area contributed by atoms with E-state index >= 15 is 0 Å². The zero-order chi connectivity index (χ0) is 36.5. The summed E-state index contributed by atoms with van der Waals surface area (Å²) in [5.41, 5.74) is 13.6. The third-order valence-corrected chi connectivity index (χ3v) is 9.08. The molecule has 0 saturated carbocycles. The van der Waals surface area contributed by atoms with E-state index in [-0.39, 0.29) is 10.8 Å². The van der Waals surface area contributed by atoms with Gasteiger partial charge in [-0.2, -0.15) is 0 Å². The Morgan fingerprint density at radius 2 is 1.41 bits per heavy atom. The van der Waals surface area contributed by atoms with E-state index < -0.39 is 0 Å². The fraction of sp³-hybridized carbons (Fsp3) is 0.348. The van der Waals surface area contributed by atoms with E-state index in [4.69, 9.17) is 0 Å². The number of hydrogen-bond acceptors (Lipinski definition) is 2. The molecule has 1 aliphatic heterocycles. The maximum absolute atomic E-state index is 4.00. The van der Waals surface area contributed by atoms with Gasteiger partial charge in [0, 0.05) is 28.8 Å². The predicted octanol–water partition coefficient (Wildman–Crippen LogP) is 12.2. The number of fused-ring (bicyclic) bond motifs is 2. The second kappa shape index (κ2) is 20.4. The fourth-order valence-corrected chi connectivity index (χ4v) is 6.99. The van der Waals surface area contributed by atoms with E-state index in [1.165, 1.54) is 50.0 Å². The van der Waals surface area contributed by atoms with Gasteiger partial charge in [0.2, 0.25) is 0 Å². The van der Waals surface area contributed by atoms with Gasteiger partial charge in [0.15, 0.2) is 7.98 Å². The van der Waals surface area contributed by atoms with Crippen molar-refractivity contribution in [3.8, 4) is 0 Å². The van der Waals surface area contributed by atoms with E-state index in [1.807, 2.05) is 27.7 Å². The summed E-state index contributed by atoms with van der Waals surface area (Å²) in [6.07, 6.45) is 18.6. The summed E-state index contributed by atoms with van der Waals surface area (Å²) < 4.78 is 0. The molecule has 1 heterocycles. The van der Waals surface area contributed by atoms with E-state index in [2.05, 4.69) is 188 Å². The lowest BCUT2D eigenvalue weighted by Crippen LogP contribution is -2.26. The number of rotatable bonds is 10. The summed E-state index contributed by atoms with van der Waals surface area (Å²) in [6, 6.07) is 31.2. The van der Waals surface area contributed by atoms with Gasteiger partial charge < -0.3 is 10.5 Å². The Bertz CT molecular complexity index is 1690. The van der Waals surface area contributed by atoms with Crippen LogP contribution < -0.4 is 10.5 Å². The monoisotopic (exact) mass is 652 g/mol. The molecule has 2 N–H and O–H groups in total. The minimum atomic E-state index is -0.0267.